The molecular formula is C13H16ClNO2S. The molecule has 2 rings (SSSR count). The lowest BCUT2D eigenvalue weighted by atomic mass is 10.1. The topological polar surface area (TPSA) is 49.3 Å². The standard InChI is InChI=1S/C13H16ClNO2S/c1-18-10-4-3-9(7-10)15-13(17)11-5-2-8(14)6-12(11)16/h2,5-6,9-10,16H,3-4,7H2,1H3,(H,15,17). The summed E-state index contributed by atoms with van der Waals surface area (Å²) in [5.41, 5.74) is 0.284. The molecule has 0 saturated heterocycles. The number of amides is 1. The quantitative estimate of drug-likeness (QED) is 0.897. The van der Waals surface area contributed by atoms with E-state index in [1.165, 1.54) is 6.07 Å². The molecule has 0 aromatic heterocycles. The number of hydrogen-bond donors (Lipinski definition) is 2. The van der Waals surface area contributed by atoms with Crippen LogP contribution in [0.2, 0.25) is 5.02 Å². The summed E-state index contributed by atoms with van der Waals surface area (Å²) in [6, 6.07) is 4.75. The van der Waals surface area contributed by atoms with Gasteiger partial charge in [-0.25, -0.2) is 0 Å². The Morgan fingerprint density at radius 2 is 2.28 bits per heavy atom. The number of rotatable bonds is 3. The summed E-state index contributed by atoms with van der Waals surface area (Å²) >= 11 is 7.58. The molecule has 5 heteroatoms. The fraction of sp³-hybridized carbons (Fsp3) is 0.462. The Balaban J connectivity index is 2.00. The molecule has 98 valence electrons. The molecule has 0 radical (unpaired) electrons. The molecule has 2 N–H and O–H groups in total. The second kappa shape index (κ2) is 5.85. The number of hydrogen-bond acceptors (Lipinski definition) is 3. The first-order valence-electron chi connectivity index (χ1n) is 5.92. The molecule has 1 aliphatic carbocycles. The molecule has 1 aromatic carbocycles. The first-order valence-corrected chi connectivity index (χ1v) is 7.59. The van der Waals surface area contributed by atoms with Gasteiger partial charge in [0.25, 0.3) is 5.91 Å². The molecule has 2 atom stereocenters. The third-order valence-corrected chi connectivity index (χ3v) is 4.59. The first kappa shape index (κ1) is 13.6. The van der Waals surface area contributed by atoms with Crippen LogP contribution in [0, 0.1) is 0 Å². The van der Waals surface area contributed by atoms with E-state index in [1.54, 1.807) is 12.1 Å². The van der Waals surface area contributed by atoms with Gasteiger partial charge in [-0.05, 0) is 43.7 Å². The maximum absolute atomic E-state index is 12.0. The molecule has 2 unspecified atom stereocenters. The van der Waals surface area contributed by atoms with E-state index in [0.29, 0.717) is 10.3 Å². The number of halogens is 1. The number of carbonyl (C=O) groups is 1. The largest absolute Gasteiger partial charge is 0.507 e. The van der Waals surface area contributed by atoms with Crippen LogP contribution >= 0.6 is 23.4 Å². The van der Waals surface area contributed by atoms with Crippen molar-refractivity contribution in [1.29, 1.82) is 0 Å². The lowest BCUT2D eigenvalue weighted by Gasteiger charge is -2.13. The SMILES string of the molecule is CSC1CCC(NC(=O)c2ccc(Cl)cc2O)C1. The smallest absolute Gasteiger partial charge is 0.255 e. The van der Waals surface area contributed by atoms with E-state index < -0.39 is 0 Å². The highest BCUT2D eigenvalue weighted by Gasteiger charge is 2.26. The zero-order chi connectivity index (χ0) is 13.1. The van der Waals surface area contributed by atoms with E-state index in [0.717, 1.165) is 19.3 Å². The normalized spacial score (nSPS) is 23.0. The fourth-order valence-corrected chi connectivity index (χ4v) is 3.21. The van der Waals surface area contributed by atoms with Crippen LogP contribution in [0.25, 0.3) is 0 Å². The average Bonchev–Trinajstić information content (AvgIpc) is 2.76. The number of carbonyl (C=O) groups excluding carboxylic acids is 1. The van der Waals surface area contributed by atoms with Gasteiger partial charge < -0.3 is 10.4 Å². The van der Waals surface area contributed by atoms with Gasteiger partial charge in [0.2, 0.25) is 0 Å². The van der Waals surface area contributed by atoms with Crippen LogP contribution in [-0.2, 0) is 0 Å². The Labute approximate surface area is 116 Å². The van der Waals surface area contributed by atoms with Crippen molar-refractivity contribution in [2.24, 2.45) is 0 Å². The highest BCUT2D eigenvalue weighted by atomic mass is 35.5. The number of phenolic OH excluding ortho intramolecular Hbond substituents is 1. The molecule has 0 spiro atoms. The minimum absolute atomic E-state index is 0.0700. The lowest BCUT2D eigenvalue weighted by molar-refractivity contribution is 0.0935. The third kappa shape index (κ3) is 3.12. The summed E-state index contributed by atoms with van der Waals surface area (Å²) in [5.74, 6) is -0.296. The van der Waals surface area contributed by atoms with Crippen molar-refractivity contribution in [1.82, 2.24) is 5.32 Å². The second-order valence-corrected chi connectivity index (χ2v) is 6.08. The number of nitrogens with one attached hydrogen (secondary N) is 1. The molecule has 1 aromatic rings. The van der Waals surface area contributed by atoms with Crippen molar-refractivity contribution >= 4 is 29.3 Å². The van der Waals surface area contributed by atoms with Gasteiger partial charge in [-0.2, -0.15) is 11.8 Å². The Hall–Kier alpha value is -0.870. The molecular weight excluding hydrogens is 270 g/mol. The van der Waals surface area contributed by atoms with Gasteiger partial charge in [0.15, 0.2) is 0 Å². The molecule has 0 bridgehead atoms. The molecule has 1 saturated carbocycles. The van der Waals surface area contributed by atoms with E-state index in [1.807, 2.05) is 11.8 Å². The zero-order valence-corrected chi connectivity index (χ0v) is 11.7. The molecule has 3 nitrogen and oxygen atoms in total. The fourth-order valence-electron chi connectivity index (χ4n) is 2.25. The molecule has 0 heterocycles. The van der Waals surface area contributed by atoms with Crippen molar-refractivity contribution in [2.45, 2.75) is 30.6 Å². The maximum Gasteiger partial charge on any atom is 0.255 e. The summed E-state index contributed by atoms with van der Waals surface area (Å²) in [7, 11) is 0. The van der Waals surface area contributed by atoms with Crippen LogP contribution in [0.15, 0.2) is 18.2 Å². The van der Waals surface area contributed by atoms with E-state index in [9.17, 15) is 9.90 Å². The van der Waals surface area contributed by atoms with Crippen LogP contribution in [0.4, 0.5) is 0 Å². The van der Waals surface area contributed by atoms with Crippen LogP contribution in [0.1, 0.15) is 29.6 Å². The summed E-state index contributed by atoms with van der Waals surface area (Å²) in [5, 5.41) is 13.7. The summed E-state index contributed by atoms with van der Waals surface area (Å²) in [6.07, 6.45) is 5.24. The minimum atomic E-state index is -0.226. The zero-order valence-electron chi connectivity index (χ0n) is 10.1. The van der Waals surface area contributed by atoms with E-state index >= 15 is 0 Å². The van der Waals surface area contributed by atoms with E-state index in [-0.39, 0.29) is 23.3 Å². The van der Waals surface area contributed by atoms with E-state index in [4.69, 9.17) is 11.6 Å². The third-order valence-electron chi connectivity index (χ3n) is 3.26. The summed E-state index contributed by atoms with van der Waals surface area (Å²) in [6.45, 7) is 0. The number of phenols is 1. The van der Waals surface area contributed by atoms with Crippen LogP contribution in [-0.4, -0.2) is 28.6 Å². The highest BCUT2D eigenvalue weighted by Crippen LogP contribution is 2.29. The molecule has 1 aliphatic rings. The average molecular weight is 286 g/mol. The van der Waals surface area contributed by atoms with Gasteiger partial charge in [0, 0.05) is 16.3 Å². The Kier molecular flexibility index (Phi) is 4.40. The first-order chi connectivity index (χ1) is 8.60. The van der Waals surface area contributed by atoms with Gasteiger partial charge in [0.05, 0.1) is 5.56 Å². The van der Waals surface area contributed by atoms with Gasteiger partial charge in [-0.15, -0.1) is 0 Å². The number of benzene rings is 1. The summed E-state index contributed by atoms with van der Waals surface area (Å²) in [4.78, 5) is 12.0. The number of aromatic hydroxyl groups is 1. The molecule has 0 aliphatic heterocycles. The van der Waals surface area contributed by atoms with Crippen molar-refractivity contribution in [3.05, 3.63) is 28.8 Å². The van der Waals surface area contributed by atoms with Crippen molar-refractivity contribution in [2.75, 3.05) is 6.26 Å². The monoisotopic (exact) mass is 285 g/mol. The van der Waals surface area contributed by atoms with Crippen molar-refractivity contribution < 1.29 is 9.90 Å². The van der Waals surface area contributed by atoms with Crippen LogP contribution in [0.5, 0.6) is 5.75 Å². The second-order valence-electron chi connectivity index (χ2n) is 4.50. The van der Waals surface area contributed by atoms with E-state index in [2.05, 4.69) is 11.6 Å². The maximum atomic E-state index is 12.0. The van der Waals surface area contributed by atoms with Gasteiger partial charge in [0.1, 0.15) is 5.75 Å². The summed E-state index contributed by atoms with van der Waals surface area (Å²) < 4.78 is 0. The molecule has 1 amide bonds. The van der Waals surface area contributed by atoms with Crippen LogP contribution < -0.4 is 5.32 Å². The Bertz CT molecular complexity index is 453. The van der Waals surface area contributed by atoms with Gasteiger partial charge in [-0.3, -0.25) is 4.79 Å². The molecule has 1 fully saturated rings. The Morgan fingerprint density at radius 3 is 2.89 bits per heavy atom. The molecule has 18 heavy (non-hydrogen) atoms. The minimum Gasteiger partial charge on any atom is -0.507 e. The lowest BCUT2D eigenvalue weighted by Crippen LogP contribution is -2.33. The van der Waals surface area contributed by atoms with Gasteiger partial charge in [-0.1, -0.05) is 11.6 Å². The van der Waals surface area contributed by atoms with Crippen molar-refractivity contribution in [3.63, 3.8) is 0 Å². The van der Waals surface area contributed by atoms with Gasteiger partial charge >= 0.3 is 0 Å². The predicted octanol–water partition coefficient (Wildman–Crippen LogP) is 3.06. The highest BCUT2D eigenvalue weighted by molar-refractivity contribution is 7.99. The van der Waals surface area contributed by atoms with Crippen LogP contribution in [0.3, 0.4) is 0 Å². The Morgan fingerprint density at radius 1 is 1.50 bits per heavy atom. The predicted molar refractivity (Wildman–Crippen MR) is 75.5 cm³/mol. The van der Waals surface area contributed by atoms with Crippen molar-refractivity contribution in [3.8, 4) is 5.75 Å². The number of thioether (sulfide) groups is 1.